The monoisotopic (exact) mass is 375 g/mol. The summed E-state index contributed by atoms with van der Waals surface area (Å²) in [5.74, 6) is 0.854. The number of allylic oxidation sites excluding steroid dienone is 1. The maximum Gasteiger partial charge on any atom is 0.263 e. The number of hydrogen-bond acceptors (Lipinski definition) is 5. The van der Waals surface area contributed by atoms with Crippen molar-refractivity contribution in [1.82, 2.24) is 10.5 Å². The molecular formula is C19H25N3O3S. The van der Waals surface area contributed by atoms with Gasteiger partial charge in [0.15, 0.2) is 11.6 Å². The first-order chi connectivity index (χ1) is 12.2. The average Bonchev–Trinajstić information content (AvgIpc) is 2.97. The number of sulfonamides is 1. The van der Waals surface area contributed by atoms with Crippen LogP contribution in [0.2, 0.25) is 0 Å². The van der Waals surface area contributed by atoms with Gasteiger partial charge in [-0.2, -0.15) is 0 Å². The van der Waals surface area contributed by atoms with E-state index >= 15 is 0 Å². The molecule has 3 rings (SSSR count). The molecular weight excluding hydrogens is 350 g/mol. The van der Waals surface area contributed by atoms with Gasteiger partial charge in [0.1, 0.15) is 0 Å². The topological polar surface area (TPSA) is 84.2 Å². The van der Waals surface area contributed by atoms with Gasteiger partial charge in [-0.1, -0.05) is 44.1 Å². The summed E-state index contributed by atoms with van der Waals surface area (Å²) >= 11 is 0. The van der Waals surface area contributed by atoms with Crippen LogP contribution >= 0.6 is 0 Å². The molecule has 0 fully saturated rings. The molecule has 26 heavy (non-hydrogen) atoms. The van der Waals surface area contributed by atoms with Crippen LogP contribution in [0.1, 0.15) is 50.1 Å². The second-order valence-electron chi connectivity index (χ2n) is 7.49. The molecule has 1 aromatic heterocycles. The van der Waals surface area contributed by atoms with Crippen molar-refractivity contribution in [1.29, 1.82) is 0 Å². The second-order valence-corrected chi connectivity index (χ2v) is 9.17. The Morgan fingerprint density at radius 3 is 2.73 bits per heavy atom. The minimum atomic E-state index is -3.75. The number of fused-ring (bicyclic) bond motifs is 1. The molecule has 2 N–H and O–H groups in total. The SMILES string of the molecule is CC=Cc1c(NS(=O)(=O)c2ccc3c(c2)CNCC3)noc1C(C)(C)C. The third kappa shape index (κ3) is 3.68. The lowest BCUT2D eigenvalue weighted by Crippen LogP contribution is -2.24. The fourth-order valence-corrected chi connectivity index (χ4v) is 4.11. The fraction of sp³-hybridized carbons (Fsp3) is 0.421. The van der Waals surface area contributed by atoms with E-state index in [4.69, 9.17) is 4.52 Å². The molecule has 0 bridgehead atoms. The van der Waals surface area contributed by atoms with Crippen LogP contribution in [0.15, 0.2) is 33.7 Å². The van der Waals surface area contributed by atoms with E-state index in [9.17, 15) is 8.42 Å². The number of benzene rings is 1. The average molecular weight is 375 g/mol. The summed E-state index contributed by atoms with van der Waals surface area (Å²) in [4.78, 5) is 0.228. The van der Waals surface area contributed by atoms with Crippen molar-refractivity contribution < 1.29 is 12.9 Å². The first-order valence-corrected chi connectivity index (χ1v) is 10.2. The highest BCUT2D eigenvalue weighted by Gasteiger charge is 2.28. The molecule has 1 aliphatic heterocycles. The maximum absolute atomic E-state index is 12.9. The summed E-state index contributed by atoms with van der Waals surface area (Å²) in [5, 5.41) is 7.23. The summed E-state index contributed by atoms with van der Waals surface area (Å²) in [7, 11) is -3.75. The van der Waals surface area contributed by atoms with Crippen LogP contribution in [-0.4, -0.2) is 20.1 Å². The third-order valence-electron chi connectivity index (χ3n) is 4.35. The van der Waals surface area contributed by atoms with Crippen LogP contribution < -0.4 is 10.0 Å². The Hall–Kier alpha value is -2.12. The summed E-state index contributed by atoms with van der Waals surface area (Å²) in [6, 6.07) is 5.26. The molecule has 140 valence electrons. The Morgan fingerprint density at radius 2 is 2.04 bits per heavy atom. The van der Waals surface area contributed by atoms with Crippen LogP contribution in [0.25, 0.3) is 6.08 Å². The van der Waals surface area contributed by atoms with Crippen molar-refractivity contribution in [3.05, 3.63) is 46.7 Å². The molecule has 0 unspecified atom stereocenters. The van der Waals surface area contributed by atoms with E-state index in [0.717, 1.165) is 18.5 Å². The first-order valence-electron chi connectivity index (χ1n) is 8.70. The van der Waals surface area contributed by atoms with Crippen LogP contribution in [0.4, 0.5) is 5.82 Å². The van der Waals surface area contributed by atoms with E-state index in [1.54, 1.807) is 12.1 Å². The summed E-state index contributed by atoms with van der Waals surface area (Å²) in [6.07, 6.45) is 4.56. The van der Waals surface area contributed by atoms with E-state index in [1.807, 2.05) is 45.9 Å². The van der Waals surface area contributed by atoms with Gasteiger partial charge in [-0.3, -0.25) is 4.72 Å². The standard InChI is InChI=1S/C19H25N3O3S/c1-5-6-16-17(19(2,3)4)25-21-18(16)22-26(23,24)15-8-7-13-9-10-20-12-14(13)11-15/h5-8,11,20H,9-10,12H2,1-4H3,(H,21,22). The molecule has 0 spiro atoms. The van der Waals surface area contributed by atoms with E-state index in [-0.39, 0.29) is 16.1 Å². The number of anilines is 1. The quantitative estimate of drug-likeness (QED) is 0.855. The molecule has 2 heterocycles. The van der Waals surface area contributed by atoms with Crippen LogP contribution in [0.3, 0.4) is 0 Å². The third-order valence-corrected chi connectivity index (χ3v) is 5.68. The minimum absolute atomic E-state index is 0.212. The van der Waals surface area contributed by atoms with Crippen molar-refractivity contribution >= 4 is 21.9 Å². The highest BCUT2D eigenvalue weighted by atomic mass is 32.2. The highest BCUT2D eigenvalue weighted by Crippen LogP contribution is 2.32. The summed E-state index contributed by atoms with van der Waals surface area (Å²) in [5.41, 5.74) is 2.57. The molecule has 0 radical (unpaired) electrons. The number of nitrogens with zero attached hydrogens (tertiary/aromatic N) is 1. The molecule has 0 aliphatic carbocycles. The van der Waals surface area contributed by atoms with Gasteiger partial charge in [-0.05, 0) is 43.1 Å². The molecule has 0 saturated heterocycles. The normalized spacial score (nSPS) is 15.2. The van der Waals surface area contributed by atoms with Crippen molar-refractivity contribution in [3.8, 4) is 0 Å². The molecule has 0 atom stereocenters. The molecule has 1 aromatic carbocycles. The van der Waals surface area contributed by atoms with Crippen LogP contribution in [0.5, 0.6) is 0 Å². The minimum Gasteiger partial charge on any atom is -0.358 e. The number of aromatic nitrogens is 1. The Kier molecular flexibility index (Phi) is 4.94. The van der Waals surface area contributed by atoms with Gasteiger partial charge < -0.3 is 9.84 Å². The van der Waals surface area contributed by atoms with Crippen LogP contribution in [-0.2, 0) is 28.4 Å². The molecule has 7 heteroatoms. The lowest BCUT2D eigenvalue weighted by molar-refractivity contribution is 0.330. The fourth-order valence-electron chi connectivity index (χ4n) is 3.04. The summed E-state index contributed by atoms with van der Waals surface area (Å²) in [6.45, 7) is 9.45. The predicted molar refractivity (Wildman–Crippen MR) is 103 cm³/mol. The van der Waals surface area contributed by atoms with Crippen molar-refractivity contribution in [3.63, 3.8) is 0 Å². The number of nitrogens with one attached hydrogen (secondary N) is 2. The Balaban J connectivity index is 1.97. The smallest absolute Gasteiger partial charge is 0.263 e. The first kappa shape index (κ1) is 18.7. The Morgan fingerprint density at radius 1 is 1.27 bits per heavy atom. The zero-order valence-electron chi connectivity index (χ0n) is 15.6. The zero-order valence-corrected chi connectivity index (χ0v) is 16.4. The van der Waals surface area contributed by atoms with E-state index in [1.165, 1.54) is 5.56 Å². The van der Waals surface area contributed by atoms with E-state index in [2.05, 4.69) is 15.2 Å². The van der Waals surface area contributed by atoms with Gasteiger partial charge in [-0.25, -0.2) is 8.42 Å². The Labute approximate surface area is 154 Å². The maximum atomic E-state index is 12.9. The zero-order chi connectivity index (χ0) is 18.9. The Bertz CT molecular complexity index is 937. The van der Waals surface area contributed by atoms with Gasteiger partial charge in [0, 0.05) is 12.0 Å². The van der Waals surface area contributed by atoms with Crippen molar-refractivity contribution in [2.24, 2.45) is 0 Å². The second kappa shape index (κ2) is 6.89. The summed E-state index contributed by atoms with van der Waals surface area (Å²) < 4.78 is 33.8. The van der Waals surface area contributed by atoms with Gasteiger partial charge in [0.25, 0.3) is 10.0 Å². The number of hydrogen-bond donors (Lipinski definition) is 2. The van der Waals surface area contributed by atoms with Crippen LogP contribution in [0, 0.1) is 0 Å². The predicted octanol–water partition coefficient (Wildman–Crippen LogP) is 3.45. The van der Waals surface area contributed by atoms with E-state index < -0.39 is 10.0 Å². The molecule has 6 nitrogen and oxygen atoms in total. The molecule has 1 aliphatic rings. The lowest BCUT2D eigenvalue weighted by atomic mass is 9.90. The van der Waals surface area contributed by atoms with E-state index in [0.29, 0.717) is 17.9 Å². The van der Waals surface area contributed by atoms with Crippen molar-refractivity contribution in [2.45, 2.75) is 51.0 Å². The molecule has 0 saturated carbocycles. The molecule has 2 aromatic rings. The lowest BCUT2D eigenvalue weighted by Gasteiger charge is -2.18. The largest absolute Gasteiger partial charge is 0.358 e. The van der Waals surface area contributed by atoms with Crippen molar-refractivity contribution in [2.75, 3.05) is 11.3 Å². The van der Waals surface area contributed by atoms with Gasteiger partial charge in [0.2, 0.25) is 0 Å². The van der Waals surface area contributed by atoms with Gasteiger partial charge >= 0.3 is 0 Å². The molecule has 0 amide bonds. The highest BCUT2D eigenvalue weighted by molar-refractivity contribution is 7.92. The van der Waals surface area contributed by atoms with Gasteiger partial charge in [0.05, 0.1) is 10.5 Å². The van der Waals surface area contributed by atoms with Gasteiger partial charge in [-0.15, -0.1) is 0 Å². The number of rotatable bonds is 4.